The molecule has 1 unspecified atom stereocenters. The number of nitrogens with zero attached hydrogens (tertiary/aromatic N) is 1. The van der Waals surface area contributed by atoms with Crippen LogP contribution in [0.25, 0.3) is 0 Å². The number of amides is 2. The number of ether oxygens (including phenoxy) is 3. The van der Waals surface area contributed by atoms with Crippen molar-refractivity contribution in [3.05, 3.63) is 77.2 Å². The summed E-state index contributed by atoms with van der Waals surface area (Å²) in [5.74, 6) is 0.782. The van der Waals surface area contributed by atoms with E-state index in [4.69, 9.17) is 18.6 Å². The summed E-state index contributed by atoms with van der Waals surface area (Å²) in [5.41, 5.74) is 2.76. The maximum atomic E-state index is 14.1. The summed E-state index contributed by atoms with van der Waals surface area (Å²) in [5, 5.41) is 3.23. The first-order valence-electron chi connectivity index (χ1n) is 13.5. The summed E-state index contributed by atoms with van der Waals surface area (Å²) in [6.07, 6.45) is 7.17. The topological polar surface area (TPSA) is 90.2 Å². The van der Waals surface area contributed by atoms with Gasteiger partial charge in [0.25, 0.3) is 5.91 Å². The molecular weight excluding hydrogens is 496 g/mol. The minimum atomic E-state index is -0.956. The number of hydrogen-bond donors (Lipinski definition) is 1. The van der Waals surface area contributed by atoms with Gasteiger partial charge in [0.15, 0.2) is 17.3 Å². The van der Waals surface area contributed by atoms with E-state index in [1.807, 2.05) is 25.1 Å². The Kier molecular flexibility index (Phi) is 9.52. The minimum Gasteiger partial charge on any atom is -0.493 e. The van der Waals surface area contributed by atoms with Gasteiger partial charge in [-0.05, 0) is 61.6 Å². The molecule has 39 heavy (non-hydrogen) atoms. The molecular formula is C31H38N2O6. The van der Waals surface area contributed by atoms with E-state index in [2.05, 4.69) is 11.4 Å². The lowest BCUT2D eigenvalue weighted by Gasteiger charge is -2.33. The Bertz CT molecular complexity index is 1220. The molecule has 1 aliphatic carbocycles. The van der Waals surface area contributed by atoms with Gasteiger partial charge in [0.05, 0.1) is 27.6 Å². The molecule has 0 saturated heterocycles. The lowest BCUT2D eigenvalue weighted by atomic mass is 9.94. The molecule has 8 heteroatoms. The summed E-state index contributed by atoms with van der Waals surface area (Å²) >= 11 is 0. The second-order valence-corrected chi connectivity index (χ2v) is 9.92. The highest BCUT2D eigenvalue weighted by atomic mass is 16.5. The number of methoxy groups -OCH3 is 3. The van der Waals surface area contributed by atoms with Crippen molar-refractivity contribution in [3.63, 3.8) is 0 Å². The normalized spacial score (nSPS) is 14.4. The Labute approximate surface area is 230 Å². The number of furan rings is 1. The lowest BCUT2D eigenvalue weighted by molar-refractivity contribution is -0.126. The Morgan fingerprint density at radius 3 is 2.28 bits per heavy atom. The lowest BCUT2D eigenvalue weighted by Crippen LogP contribution is -2.47. The van der Waals surface area contributed by atoms with E-state index in [-0.39, 0.29) is 23.6 Å². The van der Waals surface area contributed by atoms with Gasteiger partial charge in [0, 0.05) is 12.6 Å². The monoisotopic (exact) mass is 534 g/mol. The van der Waals surface area contributed by atoms with E-state index >= 15 is 0 Å². The van der Waals surface area contributed by atoms with Crippen molar-refractivity contribution in [2.24, 2.45) is 0 Å². The molecule has 1 heterocycles. The van der Waals surface area contributed by atoms with Crippen LogP contribution in [0.4, 0.5) is 0 Å². The van der Waals surface area contributed by atoms with Gasteiger partial charge in [-0.1, -0.05) is 49.1 Å². The molecule has 208 valence electrons. The van der Waals surface area contributed by atoms with Crippen molar-refractivity contribution >= 4 is 11.8 Å². The average Bonchev–Trinajstić information content (AvgIpc) is 3.50. The standard InChI is InChI=1S/C31H38N2O6/c1-21-10-8-11-22(18-21)15-16-33(31(35)25-14-9-17-39-25)28(30(34)32-24-12-6-5-7-13-24)23-19-26(36-2)29(38-4)27(20-23)37-3/h8-11,14,17-20,24,28H,5-7,12-13,15-16H2,1-4H3,(H,32,34). The number of aryl methyl sites for hydroxylation is 1. The van der Waals surface area contributed by atoms with Crippen molar-refractivity contribution in [1.29, 1.82) is 0 Å². The Balaban J connectivity index is 1.79. The first-order chi connectivity index (χ1) is 18.9. The van der Waals surface area contributed by atoms with Gasteiger partial charge >= 0.3 is 0 Å². The number of benzene rings is 2. The zero-order valence-electron chi connectivity index (χ0n) is 23.2. The SMILES string of the molecule is COc1cc(C(C(=O)NC2CCCCC2)N(CCc2cccc(C)c2)C(=O)c2ccco2)cc(OC)c1OC. The maximum absolute atomic E-state index is 14.1. The van der Waals surface area contributed by atoms with Gasteiger partial charge in [0.1, 0.15) is 6.04 Å². The molecule has 8 nitrogen and oxygen atoms in total. The highest BCUT2D eigenvalue weighted by Crippen LogP contribution is 2.41. The van der Waals surface area contributed by atoms with E-state index in [1.54, 1.807) is 29.2 Å². The summed E-state index contributed by atoms with van der Waals surface area (Å²) in [7, 11) is 4.59. The zero-order chi connectivity index (χ0) is 27.8. The number of carbonyl (C=O) groups is 2. The quantitative estimate of drug-likeness (QED) is 0.350. The van der Waals surface area contributed by atoms with Crippen LogP contribution < -0.4 is 19.5 Å². The van der Waals surface area contributed by atoms with Crippen molar-refractivity contribution < 1.29 is 28.2 Å². The number of nitrogens with one attached hydrogen (secondary N) is 1. The van der Waals surface area contributed by atoms with Crippen molar-refractivity contribution in [2.45, 2.75) is 57.5 Å². The average molecular weight is 535 g/mol. The molecule has 0 aliphatic heterocycles. The van der Waals surface area contributed by atoms with Gasteiger partial charge < -0.3 is 28.8 Å². The predicted molar refractivity (Wildman–Crippen MR) is 148 cm³/mol. The van der Waals surface area contributed by atoms with Crippen LogP contribution in [-0.2, 0) is 11.2 Å². The van der Waals surface area contributed by atoms with Crippen LogP contribution in [0.15, 0.2) is 59.2 Å². The maximum Gasteiger partial charge on any atom is 0.290 e. The van der Waals surface area contributed by atoms with E-state index in [1.165, 1.54) is 34.0 Å². The first-order valence-corrected chi connectivity index (χ1v) is 13.5. The third kappa shape index (κ3) is 6.74. The van der Waals surface area contributed by atoms with Crippen LogP contribution in [0.1, 0.15) is 65.4 Å². The Hall–Kier alpha value is -3.94. The highest BCUT2D eigenvalue weighted by molar-refractivity contribution is 5.96. The molecule has 3 aromatic rings. The van der Waals surface area contributed by atoms with Gasteiger partial charge in [-0.3, -0.25) is 9.59 Å². The number of carbonyl (C=O) groups excluding carboxylic acids is 2. The molecule has 2 aromatic carbocycles. The Morgan fingerprint density at radius 2 is 1.69 bits per heavy atom. The smallest absolute Gasteiger partial charge is 0.290 e. The Morgan fingerprint density at radius 1 is 0.974 bits per heavy atom. The third-order valence-corrected chi connectivity index (χ3v) is 7.23. The molecule has 1 fully saturated rings. The highest BCUT2D eigenvalue weighted by Gasteiger charge is 2.35. The summed E-state index contributed by atoms with van der Waals surface area (Å²) in [6.45, 7) is 2.33. The van der Waals surface area contributed by atoms with E-state index in [0.717, 1.165) is 36.8 Å². The largest absolute Gasteiger partial charge is 0.493 e. The molecule has 4 rings (SSSR count). The van der Waals surface area contributed by atoms with Crippen LogP contribution in [0.2, 0.25) is 0 Å². The first kappa shape index (κ1) is 28.1. The van der Waals surface area contributed by atoms with Gasteiger partial charge in [-0.2, -0.15) is 0 Å². The molecule has 1 saturated carbocycles. The molecule has 1 atom stereocenters. The molecule has 1 aromatic heterocycles. The van der Waals surface area contributed by atoms with E-state index in [9.17, 15) is 9.59 Å². The van der Waals surface area contributed by atoms with Crippen molar-refractivity contribution in [2.75, 3.05) is 27.9 Å². The van der Waals surface area contributed by atoms with Crippen LogP contribution in [-0.4, -0.2) is 50.6 Å². The molecule has 0 bridgehead atoms. The molecule has 0 spiro atoms. The second kappa shape index (κ2) is 13.2. The summed E-state index contributed by atoms with van der Waals surface area (Å²) in [6, 6.07) is 14.0. The van der Waals surface area contributed by atoms with Crippen molar-refractivity contribution in [3.8, 4) is 17.2 Å². The second-order valence-electron chi connectivity index (χ2n) is 9.92. The summed E-state index contributed by atoms with van der Waals surface area (Å²) < 4.78 is 22.2. The van der Waals surface area contributed by atoms with Crippen LogP contribution in [0.5, 0.6) is 17.2 Å². The minimum absolute atomic E-state index is 0.0631. The van der Waals surface area contributed by atoms with Crippen LogP contribution in [0.3, 0.4) is 0 Å². The zero-order valence-corrected chi connectivity index (χ0v) is 23.2. The van der Waals surface area contributed by atoms with E-state index < -0.39 is 6.04 Å². The fourth-order valence-corrected chi connectivity index (χ4v) is 5.27. The van der Waals surface area contributed by atoms with Crippen LogP contribution in [0, 0.1) is 6.92 Å². The van der Waals surface area contributed by atoms with Gasteiger partial charge in [-0.25, -0.2) is 0 Å². The van der Waals surface area contributed by atoms with E-state index in [0.29, 0.717) is 35.8 Å². The number of rotatable bonds is 11. The van der Waals surface area contributed by atoms with Gasteiger partial charge in [-0.15, -0.1) is 0 Å². The molecule has 1 aliphatic rings. The van der Waals surface area contributed by atoms with Crippen molar-refractivity contribution in [1.82, 2.24) is 10.2 Å². The number of hydrogen-bond acceptors (Lipinski definition) is 6. The summed E-state index contributed by atoms with van der Waals surface area (Å²) in [4.78, 5) is 29.6. The third-order valence-electron chi connectivity index (χ3n) is 7.23. The molecule has 1 N–H and O–H groups in total. The molecule has 0 radical (unpaired) electrons. The fourth-order valence-electron chi connectivity index (χ4n) is 5.27. The van der Waals surface area contributed by atoms with Crippen LogP contribution >= 0.6 is 0 Å². The predicted octanol–water partition coefficient (Wildman–Crippen LogP) is 5.49. The molecule has 2 amide bonds. The fraction of sp³-hybridized carbons (Fsp3) is 0.419. The van der Waals surface area contributed by atoms with Gasteiger partial charge in [0.2, 0.25) is 11.7 Å².